The number of hydrogen-bond acceptors (Lipinski definition) is 6. The third-order valence-electron chi connectivity index (χ3n) is 8.51. The van der Waals surface area contributed by atoms with Gasteiger partial charge >= 0.3 is 11.6 Å². The molecule has 11 heteroatoms. The standard InChI is InChI=1S/C31H34F3N3O4S/c1-41-29(38)36-28-12-7-11-27(28)30(22-35,24-9-3-2-4-10-24)25-17-20-37(21-18-25)19-6-5-8-23-13-15-26(16-14-23)42(39,40)31(32,33)34/h2-4,9-10,13-16,25,27-28H,6-7,11-12,17-21H2,1H3,(H,36,38)/t27-,28-,30?/m0/s1. The van der Waals surface area contributed by atoms with E-state index in [4.69, 9.17) is 4.74 Å². The van der Waals surface area contributed by atoms with Gasteiger partial charge < -0.3 is 15.0 Å². The van der Waals surface area contributed by atoms with Gasteiger partial charge in [0, 0.05) is 30.5 Å². The third kappa shape index (κ3) is 6.58. The van der Waals surface area contributed by atoms with Gasteiger partial charge in [-0.25, -0.2) is 13.2 Å². The minimum Gasteiger partial charge on any atom is -0.453 e. The van der Waals surface area contributed by atoms with Crippen LogP contribution in [0.3, 0.4) is 0 Å². The molecule has 2 aromatic carbocycles. The van der Waals surface area contributed by atoms with E-state index in [1.165, 1.54) is 19.2 Å². The number of alkyl halides is 3. The van der Waals surface area contributed by atoms with Crippen LogP contribution < -0.4 is 5.32 Å². The van der Waals surface area contributed by atoms with Gasteiger partial charge in [-0.05, 0) is 74.5 Å². The van der Waals surface area contributed by atoms with Gasteiger partial charge in [-0.15, -0.1) is 0 Å². The van der Waals surface area contributed by atoms with Crippen molar-refractivity contribution >= 4 is 15.9 Å². The zero-order valence-electron chi connectivity index (χ0n) is 23.4. The highest BCUT2D eigenvalue weighted by atomic mass is 32.2. The number of nitrogens with one attached hydrogen (secondary N) is 1. The number of rotatable bonds is 7. The highest BCUT2D eigenvalue weighted by molar-refractivity contribution is 7.92. The lowest BCUT2D eigenvalue weighted by Crippen LogP contribution is -2.52. The van der Waals surface area contributed by atoms with Crippen molar-refractivity contribution in [2.45, 2.75) is 60.4 Å². The molecule has 1 saturated heterocycles. The summed E-state index contributed by atoms with van der Waals surface area (Å²) in [4.78, 5) is 13.6. The lowest BCUT2D eigenvalue weighted by molar-refractivity contribution is -0.0436. The van der Waals surface area contributed by atoms with Gasteiger partial charge in [0.2, 0.25) is 0 Å². The number of nitrogens with zero attached hydrogens (tertiary/aromatic N) is 2. The van der Waals surface area contributed by atoms with E-state index in [2.05, 4.69) is 28.1 Å². The smallest absolute Gasteiger partial charge is 0.453 e. The Morgan fingerprint density at radius 1 is 1.05 bits per heavy atom. The van der Waals surface area contributed by atoms with E-state index in [1.54, 1.807) is 0 Å². The van der Waals surface area contributed by atoms with Crippen LogP contribution in [0.5, 0.6) is 0 Å². The maximum atomic E-state index is 12.7. The Morgan fingerprint density at radius 3 is 2.31 bits per heavy atom. The van der Waals surface area contributed by atoms with E-state index in [1.807, 2.05) is 30.3 Å². The highest BCUT2D eigenvalue weighted by Gasteiger charge is 2.52. The van der Waals surface area contributed by atoms with Crippen LogP contribution in [0.4, 0.5) is 18.0 Å². The molecule has 1 saturated carbocycles. The first-order valence-corrected chi connectivity index (χ1v) is 15.4. The Kier molecular flexibility index (Phi) is 9.85. The Morgan fingerprint density at radius 2 is 1.71 bits per heavy atom. The summed E-state index contributed by atoms with van der Waals surface area (Å²) in [6.45, 7) is 2.27. The summed E-state index contributed by atoms with van der Waals surface area (Å²) < 4.78 is 66.1. The van der Waals surface area contributed by atoms with Crippen LogP contribution in [-0.4, -0.2) is 57.7 Å². The van der Waals surface area contributed by atoms with Crippen LogP contribution in [0.15, 0.2) is 59.5 Å². The topological polar surface area (TPSA) is 99.5 Å². The zero-order valence-corrected chi connectivity index (χ0v) is 24.2. The average Bonchev–Trinajstić information content (AvgIpc) is 3.45. The molecule has 42 heavy (non-hydrogen) atoms. The summed E-state index contributed by atoms with van der Waals surface area (Å²) >= 11 is 0. The molecule has 2 aromatic rings. The maximum absolute atomic E-state index is 12.7. The molecule has 1 N–H and O–H groups in total. The third-order valence-corrected chi connectivity index (χ3v) is 10.0. The molecule has 2 aliphatic rings. The molecule has 4 rings (SSSR count). The lowest BCUT2D eigenvalue weighted by Gasteiger charge is -2.46. The summed E-state index contributed by atoms with van der Waals surface area (Å²) in [5, 5.41) is 13.8. The molecule has 1 unspecified atom stereocenters. The molecule has 3 atom stereocenters. The fraction of sp³-hybridized carbons (Fsp3) is 0.484. The number of sulfone groups is 1. The summed E-state index contributed by atoms with van der Waals surface area (Å²) in [5.41, 5.74) is -4.68. The second kappa shape index (κ2) is 13.2. The lowest BCUT2D eigenvalue weighted by atomic mass is 9.59. The summed E-state index contributed by atoms with van der Waals surface area (Å²) in [7, 11) is -4.04. The molecule has 224 valence electrons. The molecule has 1 amide bonds. The van der Waals surface area contributed by atoms with Gasteiger partial charge in [0.25, 0.3) is 9.84 Å². The second-order valence-electron chi connectivity index (χ2n) is 10.8. The monoisotopic (exact) mass is 601 g/mol. The first-order chi connectivity index (χ1) is 20.0. The number of alkyl carbamates (subject to hydrolysis) is 1. The van der Waals surface area contributed by atoms with Gasteiger partial charge in [0.15, 0.2) is 0 Å². The number of piperidine rings is 1. The molecule has 1 heterocycles. The molecule has 2 fully saturated rings. The first kappa shape index (κ1) is 31.4. The van der Waals surface area contributed by atoms with Crippen LogP contribution in [0.1, 0.15) is 49.7 Å². The predicted molar refractivity (Wildman–Crippen MR) is 151 cm³/mol. The average molecular weight is 602 g/mol. The molecule has 1 aliphatic heterocycles. The second-order valence-corrected chi connectivity index (χ2v) is 12.7. The number of benzene rings is 2. The molecule has 7 nitrogen and oxygen atoms in total. The van der Waals surface area contributed by atoms with Crippen LogP contribution in [0.2, 0.25) is 0 Å². The van der Waals surface area contributed by atoms with Gasteiger partial charge in [0.1, 0.15) is 0 Å². The van der Waals surface area contributed by atoms with Gasteiger partial charge in [0.05, 0.1) is 23.5 Å². The van der Waals surface area contributed by atoms with Gasteiger partial charge in [-0.3, -0.25) is 0 Å². The molecular formula is C31H34F3N3O4S. The minimum absolute atomic E-state index is 0.0380. The van der Waals surface area contributed by atoms with E-state index < -0.39 is 31.7 Å². The van der Waals surface area contributed by atoms with Gasteiger partial charge in [-0.1, -0.05) is 48.6 Å². The Bertz CT molecular complexity index is 1440. The Hall–Kier alpha value is -3.54. The van der Waals surface area contributed by atoms with Crippen molar-refractivity contribution in [1.82, 2.24) is 10.2 Å². The van der Waals surface area contributed by atoms with Crippen molar-refractivity contribution in [3.8, 4) is 17.9 Å². The fourth-order valence-corrected chi connectivity index (χ4v) is 7.20. The molecule has 0 bridgehead atoms. The molecule has 1 aliphatic carbocycles. The van der Waals surface area contributed by atoms with Crippen LogP contribution in [0.25, 0.3) is 0 Å². The molecule has 0 spiro atoms. The van der Waals surface area contributed by atoms with E-state index in [0.717, 1.165) is 62.9 Å². The predicted octanol–water partition coefficient (Wildman–Crippen LogP) is 5.42. The molecular weight excluding hydrogens is 567 g/mol. The quantitative estimate of drug-likeness (QED) is 0.426. The zero-order chi connectivity index (χ0) is 30.4. The largest absolute Gasteiger partial charge is 0.501 e. The van der Waals surface area contributed by atoms with Crippen LogP contribution in [-0.2, 0) is 20.0 Å². The summed E-state index contributed by atoms with van der Waals surface area (Å²) in [6, 6.07) is 16.9. The number of nitriles is 1. The number of halogens is 3. The number of methoxy groups -OCH3 is 1. The number of ether oxygens (including phenoxy) is 1. The van der Waals surface area contributed by atoms with E-state index in [0.29, 0.717) is 18.5 Å². The van der Waals surface area contributed by atoms with E-state index >= 15 is 0 Å². The maximum Gasteiger partial charge on any atom is 0.501 e. The van der Waals surface area contributed by atoms with Crippen molar-refractivity contribution < 1.29 is 31.1 Å². The van der Waals surface area contributed by atoms with Crippen molar-refractivity contribution in [2.75, 3.05) is 26.7 Å². The summed E-state index contributed by atoms with van der Waals surface area (Å²) in [6.07, 6.45) is 4.24. The number of amides is 1. The van der Waals surface area contributed by atoms with Crippen LogP contribution in [0, 0.1) is 35.0 Å². The van der Waals surface area contributed by atoms with Gasteiger partial charge in [-0.2, -0.15) is 18.4 Å². The number of likely N-dealkylation sites (tertiary alicyclic amines) is 1. The highest BCUT2D eigenvalue weighted by Crippen LogP contribution is 2.50. The van der Waals surface area contributed by atoms with Crippen molar-refractivity contribution in [1.29, 1.82) is 5.26 Å². The van der Waals surface area contributed by atoms with Crippen molar-refractivity contribution in [3.05, 3.63) is 65.7 Å². The Labute approximate surface area is 245 Å². The van der Waals surface area contributed by atoms with E-state index in [-0.39, 0.29) is 17.9 Å². The number of hydrogen-bond donors (Lipinski definition) is 1. The normalized spacial score (nSPS) is 21.4. The fourth-order valence-electron chi connectivity index (χ4n) is 6.43. The minimum atomic E-state index is -5.38. The molecule has 0 radical (unpaired) electrons. The van der Waals surface area contributed by atoms with Crippen molar-refractivity contribution in [3.63, 3.8) is 0 Å². The molecule has 0 aromatic heterocycles. The van der Waals surface area contributed by atoms with E-state index in [9.17, 15) is 31.6 Å². The number of carbonyl (C=O) groups excluding carboxylic acids is 1. The number of carbonyl (C=O) groups is 1. The summed E-state index contributed by atoms with van der Waals surface area (Å²) in [5.74, 6) is 5.97. The Balaban J connectivity index is 1.40. The SMILES string of the molecule is COC(=O)N[C@H]1CCC[C@@H]1C(C#N)(c1ccccc1)C1CCN(CCC#Cc2ccc(S(=O)(=O)C(F)(F)F)cc2)CC1. The van der Waals surface area contributed by atoms with Crippen LogP contribution >= 0.6 is 0 Å². The van der Waals surface area contributed by atoms with Crippen molar-refractivity contribution in [2.24, 2.45) is 11.8 Å². The first-order valence-electron chi connectivity index (χ1n) is 14.0.